The summed E-state index contributed by atoms with van der Waals surface area (Å²) in [6.45, 7) is 3.72. The fourth-order valence-electron chi connectivity index (χ4n) is 2.51. The molecule has 2 aliphatic carbocycles. The smallest absolute Gasteiger partial charge is 0.0890 e. The molecule has 0 spiro atoms. The molecule has 13 heavy (non-hydrogen) atoms. The highest BCUT2D eigenvalue weighted by Crippen LogP contribution is 2.46. The Balaban J connectivity index is 2.08. The first-order valence-corrected chi connectivity index (χ1v) is 5.31. The lowest BCUT2D eigenvalue weighted by molar-refractivity contribution is -0.0352. The van der Waals surface area contributed by atoms with Crippen molar-refractivity contribution in [2.75, 3.05) is 0 Å². The van der Waals surface area contributed by atoms with Crippen LogP contribution in [0.15, 0.2) is 24.3 Å². The Morgan fingerprint density at radius 1 is 1.54 bits per heavy atom. The first-order valence-electron chi connectivity index (χ1n) is 5.31. The topological polar surface area (TPSA) is 20.2 Å². The van der Waals surface area contributed by atoms with Gasteiger partial charge in [0.15, 0.2) is 0 Å². The summed E-state index contributed by atoms with van der Waals surface area (Å²) < 4.78 is 0. The molecule has 0 heterocycles. The van der Waals surface area contributed by atoms with Crippen molar-refractivity contribution in [3.63, 3.8) is 0 Å². The molecule has 0 aromatic rings. The number of aliphatic hydroxyl groups is 1. The van der Waals surface area contributed by atoms with Gasteiger partial charge in [0, 0.05) is 5.92 Å². The van der Waals surface area contributed by atoms with E-state index < -0.39 is 5.60 Å². The average Bonchev–Trinajstić information content (AvgIpc) is 2.17. The summed E-state index contributed by atoms with van der Waals surface area (Å²) in [6, 6.07) is 0. The van der Waals surface area contributed by atoms with Crippen LogP contribution in [-0.2, 0) is 0 Å². The Labute approximate surface area is 80.2 Å². The normalized spacial score (nSPS) is 39.2. The van der Waals surface area contributed by atoms with E-state index in [0.717, 1.165) is 12.8 Å². The SMILES string of the molecule is C=C[C@@]1(O)CC[C@H]1C1=CCCCC1. The van der Waals surface area contributed by atoms with Crippen molar-refractivity contribution in [3.8, 4) is 0 Å². The maximum Gasteiger partial charge on any atom is 0.0890 e. The Hall–Kier alpha value is -0.560. The van der Waals surface area contributed by atoms with Gasteiger partial charge in [0.25, 0.3) is 0 Å². The summed E-state index contributed by atoms with van der Waals surface area (Å²) in [5, 5.41) is 10.1. The average molecular weight is 178 g/mol. The highest BCUT2D eigenvalue weighted by molar-refractivity contribution is 5.23. The minimum absolute atomic E-state index is 0.394. The molecule has 0 aliphatic heterocycles. The van der Waals surface area contributed by atoms with Gasteiger partial charge in [0.1, 0.15) is 0 Å². The molecule has 1 heteroatoms. The van der Waals surface area contributed by atoms with Crippen molar-refractivity contribution in [1.29, 1.82) is 0 Å². The van der Waals surface area contributed by atoms with Gasteiger partial charge in [0.2, 0.25) is 0 Å². The van der Waals surface area contributed by atoms with Crippen LogP contribution in [0.1, 0.15) is 38.5 Å². The molecular weight excluding hydrogens is 160 g/mol. The molecule has 0 aromatic heterocycles. The van der Waals surface area contributed by atoms with Gasteiger partial charge in [-0.15, -0.1) is 6.58 Å². The van der Waals surface area contributed by atoms with E-state index in [1.807, 2.05) is 0 Å². The van der Waals surface area contributed by atoms with Crippen LogP contribution in [0.2, 0.25) is 0 Å². The monoisotopic (exact) mass is 178 g/mol. The molecule has 2 rings (SSSR count). The van der Waals surface area contributed by atoms with E-state index in [-0.39, 0.29) is 0 Å². The van der Waals surface area contributed by atoms with E-state index >= 15 is 0 Å². The van der Waals surface area contributed by atoms with Crippen molar-refractivity contribution in [2.24, 2.45) is 5.92 Å². The molecule has 1 saturated carbocycles. The Morgan fingerprint density at radius 3 is 2.85 bits per heavy atom. The van der Waals surface area contributed by atoms with Crippen molar-refractivity contribution in [3.05, 3.63) is 24.3 Å². The zero-order valence-electron chi connectivity index (χ0n) is 8.13. The van der Waals surface area contributed by atoms with Crippen LogP contribution < -0.4 is 0 Å². The summed E-state index contributed by atoms with van der Waals surface area (Å²) in [5.41, 5.74) is 0.920. The summed E-state index contributed by atoms with van der Waals surface area (Å²) >= 11 is 0. The van der Waals surface area contributed by atoms with Gasteiger partial charge < -0.3 is 5.11 Å². The van der Waals surface area contributed by atoms with Gasteiger partial charge >= 0.3 is 0 Å². The summed E-state index contributed by atoms with van der Waals surface area (Å²) in [5.74, 6) is 0.394. The summed E-state index contributed by atoms with van der Waals surface area (Å²) in [6.07, 6.45) is 11.1. The number of hydrogen-bond donors (Lipinski definition) is 1. The van der Waals surface area contributed by atoms with E-state index in [4.69, 9.17) is 0 Å². The molecule has 0 saturated heterocycles. The molecular formula is C12H18O. The van der Waals surface area contributed by atoms with Crippen LogP contribution in [-0.4, -0.2) is 10.7 Å². The van der Waals surface area contributed by atoms with Crippen molar-refractivity contribution < 1.29 is 5.11 Å². The van der Waals surface area contributed by atoms with Gasteiger partial charge in [-0.3, -0.25) is 0 Å². The first-order chi connectivity index (χ1) is 6.26. The molecule has 0 unspecified atom stereocenters. The summed E-state index contributed by atoms with van der Waals surface area (Å²) in [4.78, 5) is 0. The first kappa shape index (κ1) is 9.01. The maximum absolute atomic E-state index is 10.1. The van der Waals surface area contributed by atoms with Gasteiger partial charge in [-0.2, -0.15) is 0 Å². The van der Waals surface area contributed by atoms with Crippen LogP contribution >= 0.6 is 0 Å². The molecule has 0 radical (unpaired) electrons. The van der Waals surface area contributed by atoms with Gasteiger partial charge in [-0.05, 0) is 38.5 Å². The predicted molar refractivity (Wildman–Crippen MR) is 54.4 cm³/mol. The third-order valence-electron chi connectivity index (χ3n) is 3.56. The van der Waals surface area contributed by atoms with Gasteiger partial charge in [-0.1, -0.05) is 17.7 Å². The number of allylic oxidation sites excluding steroid dienone is 1. The lowest BCUT2D eigenvalue weighted by Crippen LogP contribution is -2.46. The van der Waals surface area contributed by atoms with Crippen LogP contribution in [0.25, 0.3) is 0 Å². The second kappa shape index (κ2) is 3.30. The highest BCUT2D eigenvalue weighted by atomic mass is 16.3. The van der Waals surface area contributed by atoms with Crippen molar-refractivity contribution in [1.82, 2.24) is 0 Å². The Bertz CT molecular complexity index is 242. The third-order valence-corrected chi connectivity index (χ3v) is 3.56. The molecule has 2 atom stereocenters. The molecule has 1 fully saturated rings. The van der Waals surface area contributed by atoms with Gasteiger partial charge in [-0.25, -0.2) is 0 Å². The standard InChI is InChI=1S/C12H18O/c1-2-12(13)9-8-11(12)10-6-4-3-5-7-10/h2,6,11,13H,1,3-5,7-9H2/t11-,12+/m0/s1. The number of hydrogen-bond acceptors (Lipinski definition) is 1. The van der Waals surface area contributed by atoms with Crippen molar-refractivity contribution >= 4 is 0 Å². The lowest BCUT2D eigenvalue weighted by Gasteiger charge is -2.45. The molecule has 0 amide bonds. The molecule has 2 aliphatic rings. The maximum atomic E-state index is 10.1. The van der Waals surface area contributed by atoms with Crippen LogP contribution in [0.3, 0.4) is 0 Å². The molecule has 0 aromatic carbocycles. The van der Waals surface area contributed by atoms with Crippen molar-refractivity contribution in [2.45, 2.75) is 44.1 Å². The van der Waals surface area contributed by atoms with E-state index in [0.29, 0.717) is 5.92 Å². The number of rotatable bonds is 2. The minimum atomic E-state index is -0.566. The fraction of sp³-hybridized carbons (Fsp3) is 0.667. The van der Waals surface area contributed by atoms with E-state index in [1.54, 1.807) is 6.08 Å². The third kappa shape index (κ3) is 1.46. The highest BCUT2D eigenvalue weighted by Gasteiger charge is 2.44. The molecule has 72 valence electrons. The molecule has 1 N–H and O–H groups in total. The Morgan fingerprint density at radius 2 is 2.38 bits per heavy atom. The second-order valence-corrected chi connectivity index (χ2v) is 4.31. The van der Waals surface area contributed by atoms with Crippen LogP contribution in [0, 0.1) is 5.92 Å². The zero-order chi connectivity index (χ0) is 9.31. The van der Waals surface area contributed by atoms with E-state index in [9.17, 15) is 5.11 Å². The molecule has 1 nitrogen and oxygen atoms in total. The predicted octanol–water partition coefficient (Wildman–Crippen LogP) is 2.81. The Kier molecular flexibility index (Phi) is 2.29. The molecule has 0 bridgehead atoms. The van der Waals surface area contributed by atoms with Gasteiger partial charge in [0.05, 0.1) is 5.60 Å². The van der Waals surface area contributed by atoms with E-state index in [1.165, 1.54) is 31.3 Å². The minimum Gasteiger partial charge on any atom is -0.385 e. The summed E-state index contributed by atoms with van der Waals surface area (Å²) in [7, 11) is 0. The fourth-order valence-corrected chi connectivity index (χ4v) is 2.51. The van der Waals surface area contributed by atoms with E-state index in [2.05, 4.69) is 12.7 Å². The van der Waals surface area contributed by atoms with Crippen LogP contribution in [0.4, 0.5) is 0 Å². The van der Waals surface area contributed by atoms with Crippen LogP contribution in [0.5, 0.6) is 0 Å². The zero-order valence-corrected chi connectivity index (χ0v) is 8.13. The lowest BCUT2D eigenvalue weighted by atomic mass is 9.64. The second-order valence-electron chi connectivity index (χ2n) is 4.31. The quantitative estimate of drug-likeness (QED) is 0.645. The largest absolute Gasteiger partial charge is 0.385 e.